The standard InChI is InChI=1S/C19H20ClN5O3S/c1-4-9-25-18(13(3)27-15-8-6-5-7-14(15)20)22-23-19(25)29-11-17(26)21-16-10-12(2)28-24-16/h4-8,10,13H,1,9,11H2,2-3H3,(H,21,24,26). The number of carbonyl (C=O) groups excluding carboxylic acids is 1. The first-order chi connectivity index (χ1) is 14.0. The van der Waals surface area contributed by atoms with Gasteiger partial charge in [0.05, 0.1) is 10.8 Å². The van der Waals surface area contributed by atoms with Crippen molar-refractivity contribution in [3.63, 3.8) is 0 Å². The average molecular weight is 434 g/mol. The first-order valence-electron chi connectivity index (χ1n) is 8.79. The second kappa shape index (κ2) is 9.62. The number of ether oxygens (including phenoxy) is 1. The fraction of sp³-hybridized carbons (Fsp3) is 0.263. The van der Waals surface area contributed by atoms with Crippen molar-refractivity contribution in [2.24, 2.45) is 0 Å². The van der Waals surface area contributed by atoms with Crippen LogP contribution >= 0.6 is 23.4 Å². The average Bonchev–Trinajstić information content (AvgIpc) is 3.28. The number of para-hydroxylation sites is 1. The van der Waals surface area contributed by atoms with Crippen LogP contribution in [0, 0.1) is 6.92 Å². The minimum Gasteiger partial charge on any atom is -0.481 e. The maximum atomic E-state index is 12.2. The lowest BCUT2D eigenvalue weighted by Crippen LogP contribution is -2.15. The van der Waals surface area contributed by atoms with Gasteiger partial charge in [0.1, 0.15) is 11.5 Å². The Morgan fingerprint density at radius 2 is 2.24 bits per heavy atom. The zero-order valence-corrected chi connectivity index (χ0v) is 17.5. The molecule has 0 radical (unpaired) electrons. The van der Waals surface area contributed by atoms with Crippen LogP contribution in [-0.2, 0) is 11.3 Å². The first kappa shape index (κ1) is 20.9. The van der Waals surface area contributed by atoms with E-state index in [4.69, 9.17) is 20.9 Å². The van der Waals surface area contributed by atoms with Crippen LogP contribution in [0.25, 0.3) is 0 Å². The molecule has 2 aromatic heterocycles. The van der Waals surface area contributed by atoms with E-state index in [9.17, 15) is 4.79 Å². The predicted octanol–water partition coefficient (Wildman–Crippen LogP) is 4.28. The molecule has 0 saturated carbocycles. The lowest BCUT2D eigenvalue weighted by atomic mass is 10.3. The maximum Gasteiger partial charge on any atom is 0.236 e. The van der Waals surface area contributed by atoms with Gasteiger partial charge in [0.25, 0.3) is 0 Å². The molecule has 0 aliphatic carbocycles. The summed E-state index contributed by atoms with van der Waals surface area (Å²) < 4.78 is 12.7. The predicted molar refractivity (Wildman–Crippen MR) is 111 cm³/mol. The number of hydrogen-bond donors (Lipinski definition) is 1. The van der Waals surface area contributed by atoms with E-state index >= 15 is 0 Å². The number of thioether (sulfide) groups is 1. The van der Waals surface area contributed by atoms with Crippen LogP contribution in [-0.4, -0.2) is 31.6 Å². The molecule has 1 N–H and O–H groups in total. The van der Waals surface area contributed by atoms with Crippen LogP contribution in [0.5, 0.6) is 5.75 Å². The molecule has 0 saturated heterocycles. The van der Waals surface area contributed by atoms with Gasteiger partial charge in [-0.15, -0.1) is 16.8 Å². The molecule has 8 nitrogen and oxygen atoms in total. The molecule has 0 spiro atoms. The van der Waals surface area contributed by atoms with Crippen molar-refractivity contribution in [3.8, 4) is 5.75 Å². The molecule has 1 amide bonds. The van der Waals surface area contributed by atoms with Gasteiger partial charge in [-0.2, -0.15) is 0 Å². The van der Waals surface area contributed by atoms with Crippen molar-refractivity contribution in [3.05, 3.63) is 59.6 Å². The highest BCUT2D eigenvalue weighted by molar-refractivity contribution is 7.99. The fourth-order valence-electron chi connectivity index (χ4n) is 2.53. The molecule has 0 fully saturated rings. The summed E-state index contributed by atoms with van der Waals surface area (Å²) in [5, 5.41) is 16.0. The molecule has 10 heteroatoms. The van der Waals surface area contributed by atoms with Gasteiger partial charge in [-0.1, -0.05) is 46.7 Å². The Hall–Kier alpha value is -2.78. The molecule has 152 valence electrons. The molecule has 0 bridgehead atoms. The normalized spacial score (nSPS) is 11.8. The second-order valence-corrected chi connectivity index (χ2v) is 7.44. The van der Waals surface area contributed by atoms with Crippen LogP contribution in [0.1, 0.15) is 24.6 Å². The van der Waals surface area contributed by atoms with Crippen molar-refractivity contribution >= 4 is 35.1 Å². The minimum atomic E-state index is -0.399. The van der Waals surface area contributed by atoms with E-state index in [-0.39, 0.29) is 11.7 Å². The molecular weight excluding hydrogens is 414 g/mol. The van der Waals surface area contributed by atoms with E-state index in [1.807, 2.05) is 23.6 Å². The zero-order valence-electron chi connectivity index (χ0n) is 16.0. The molecule has 29 heavy (non-hydrogen) atoms. The summed E-state index contributed by atoms with van der Waals surface area (Å²) in [6, 6.07) is 8.88. The Morgan fingerprint density at radius 1 is 1.45 bits per heavy atom. The van der Waals surface area contributed by atoms with E-state index in [0.29, 0.717) is 39.9 Å². The summed E-state index contributed by atoms with van der Waals surface area (Å²) in [5.74, 6) is 2.09. The zero-order chi connectivity index (χ0) is 20.8. The van der Waals surface area contributed by atoms with Crippen LogP contribution in [0.4, 0.5) is 5.82 Å². The number of aromatic nitrogens is 4. The number of amides is 1. The van der Waals surface area contributed by atoms with Crippen molar-refractivity contribution in [2.75, 3.05) is 11.1 Å². The number of halogens is 1. The van der Waals surface area contributed by atoms with Crippen LogP contribution < -0.4 is 10.1 Å². The second-order valence-electron chi connectivity index (χ2n) is 6.09. The van der Waals surface area contributed by atoms with E-state index in [0.717, 1.165) is 0 Å². The summed E-state index contributed by atoms with van der Waals surface area (Å²) in [7, 11) is 0. The van der Waals surface area contributed by atoms with Crippen molar-refractivity contribution in [2.45, 2.75) is 31.7 Å². The third kappa shape index (κ3) is 5.39. The van der Waals surface area contributed by atoms with Gasteiger partial charge in [0.15, 0.2) is 22.9 Å². The molecule has 3 rings (SSSR count). The van der Waals surface area contributed by atoms with E-state index in [1.54, 1.807) is 31.2 Å². The SMILES string of the molecule is C=CCn1c(SCC(=O)Nc2cc(C)on2)nnc1C(C)Oc1ccccc1Cl. The van der Waals surface area contributed by atoms with Crippen LogP contribution in [0.2, 0.25) is 5.02 Å². The van der Waals surface area contributed by atoms with Crippen molar-refractivity contribution < 1.29 is 14.1 Å². The Bertz CT molecular complexity index is 1000. The van der Waals surface area contributed by atoms with Gasteiger partial charge in [0.2, 0.25) is 5.91 Å². The van der Waals surface area contributed by atoms with Gasteiger partial charge < -0.3 is 14.6 Å². The van der Waals surface area contributed by atoms with Gasteiger partial charge in [-0.25, -0.2) is 0 Å². The lowest BCUT2D eigenvalue weighted by molar-refractivity contribution is -0.113. The summed E-state index contributed by atoms with van der Waals surface area (Å²) in [4.78, 5) is 12.2. The first-order valence-corrected chi connectivity index (χ1v) is 10.2. The number of aryl methyl sites for hydroxylation is 1. The smallest absolute Gasteiger partial charge is 0.236 e. The highest BCUT2D eigenvalue weighted by atomic mass is 35.5. The third-order valence-electron chi connectivity index (χ3n) is 3.79. The van der Waals surface area contributed by atoms with E-state index in [1.165, 1.54) is 11.8 Å². The topological polar surface area (TPSA) is 95.1 Å². The van der Waals surface area contributed by atoms with Crippen molar-refractivity contribution in [1.82, 2.24) is 19.9 Å². The molecule has 2 heterocycles. The molecule has 0 aliphatic rings. The molecule has 1 aromatic carbocycles. The Balaban J connectivity index is 1.68. The quantitative estimate of drug-likeness (QED) is 0.397. The summed E-state index contributed by atoms with van der Waals surface area (Å²) in [5.41, 5.74) is 0. The van der Waals surface area contributed by atoms with Gasteiger partial charge in [-0.05, 0) is 26.0 Å². The van der Waals surface area contributed by atoms with Gasteiger partial charge >= 0.3 is 0 Å². The van der Waals surface area contributed by atoms with Gasteiger partial charge in [0, 0.05) is 12.6 Å². The van der Waals surface area contributed by atoms with E-state index in [2.05, 4.69) is 27.2 Å². The maximum absolute atomic E-state index is 12.2. The Labute approximate surface area is 177 Å². The number of carbonyl (C=O) groups is 1. The third-order valence-corrected chi connectivity index (χ3v) is 5.07. The van der Waals surface area contributed by atoms with Crippen LogP contribution in [0.15, 0.2) is 52.7 Å². The summed E-state index contributed by atoms with van der Waals surface area (Å²) in [6.45, 7) is 7.87. The molecule has 3 aromatic rings. The largest absolute Gasteiger partial charge is 0.481 e. The Morgan fingerprint density at radius 3 is 2.93 bits per heavy atom. The summed E-state index contributed by atoms with van der Waals surface area (Å²) >= 11 is 7.43. The molecule has 1 unspecified atom stereocenters. The number of anilines is 1. The number of allylic oxidation sites excluding steroid dienone is 1. The number of nitrogens with zero attached hydrogens (tertiary/aromatic N) is 4. The van der Waals surface area contributed by atoms with E-state index < -0.39 is 6.10 Å². The van der Waals surface area contributed by atoms with Gasteiger partial charge in [-0.3, -0.25) is 9.36 Å². The number of benzene rings is 1. The fourth-order valence-corrected chi connectivity index (χ4v) is 3.46. The number of nitrogens with one attached hydrogen (secondary N) is 1. The number of rotatable bonds is 9. The Kier molecular flexibility index (Phi) is 6.95. The van der Waals surface area contributed by atoms with Crippen LogP contribution in [0.3, 0.4) is 0 Å². The number of hydrogen-bond acceptors (Lipinski definition) is 7. The highest BCUT2D eigenvalue weighted by Crippen LogP contribution is 2.29. The lowest BCUT2D eigenvalue weighted by Gasteiger charge is -2.16. The summed E-state index contributed by atoms with van der Waals surface area (Å²) in [6.07, 6.45) is 1.33. The molecule has 1 atom stereocenters. The minimum absolute atomic E-state index is 0.140. The molecular formula is C19H20ClN5O3S. The van der Waals surface area contributed by atoms with Crippen molar-refractivity contribution in [1.29, 1.82) is 0 Å². The monoisotopic (exact) mass is 433 g/mol. The highest BCUT2D eigenvalue weighted by Gasteiger charge is 2.20. The molecule has 0 aliphatic heterocycles.